The summed E-state index contributed by atoms with van der Waals surface area (Å²) in [4.78, 5) is 2.36. The zero-order chi connectivity index (χ0) is 40.5. The van der Waals surface area contributed by atoms with E-state index in [0.717, 1.165) is 76.9 Å². The number of nitrogens with zero attached hydrogens (tertiary/aromatic N) is 5. The summed E-state index contributed by atoms with van der Waals surface area (Å²) < 4.78 is 4.57. The van der Waals surface area contributed by atoms with Crippen LogP contribution in [0.25, 0.3) is 72.7 Å². The van der Waals surface area contributed by atoms with E-state index in [1.807, 2.05) is 24.3 Å². The van der Waals surface area contributed by atoms with Crippen molar-refractivity contribution >= 4 is 38.8 Å². The van der Waals surface area contributed by atoms with Crippen LogP contribution in [0.2, 0.25) is 0 Å². The first-order chi connectivity index (χ1) is 30.3. The third-order valence-corrected chi connectivity index (χ3v) is 11.9. The zero-order valence-electron chi connectivity index (χ0n) is 33.8. The van der Waals surface area contributed by atoms with E-state index >= 15 is 0 Å². The van der Waals surface area contributed by atoms with Gasteiger partial charge in [0.1, 0.15) is 0 Å². The summed E-state index contributed by atoms with van der Waals surface area (Å²) in [6.07, 6.45) is 18.0. The van der Waals surface area contributed by atoms with Crippen molar-refractivity contribution in [3.8, 4) is 45.3 Å². The Balaban J connectivity index is 0.987. The summed E-state index contributed by atoms with van der Waals surface area (Å²) in [7, 11) is 0. The van der Waals surface area contributed by atoms with Gasteiger partial charge in [0.25, 0.3) is 0 Å². The fourth-order valence-electron chi connectivity index (χ4n) is 8.91. The lowest BCUT2D eigenvalue weighted by Crippen LogP contribution is -2.16. The van der Waals surface area contributed by atoms with Crippen molar-refractivity contribution in [2.24, 2.45) is 0 Å². The Bertz CT molecular complexity index is 3150. The Morgan fingerprint density at radius 2 is 0.902 bits per heavy atom. The van der Waals surface area contributed by atoms with E-state index in [9.17, 15) is 0 Å². The van der Waals surface area contributed by atoms with Crippen LogP contribution in [0.3, 0.4) is 0 Å². The number of hydrogen-bond acceptors (Lipinski definition) is 3. The van der Waals surface area contributed by atoms with Gasteiger partial charge in [-0.3, -0.25) is 4.57 Å². The molecule has 292 valence electrons. The molecule has 2 aliphatic rings. The summed E-state index contributed by atoms with van der Waals surface area (Å²) in [6.45, 7) is 0. The Morgan fingerprint density at radius 1 is 0.393 bits per heavy atom. The summed E-state index contributed by atoms with van der Waals surface area (Å²) in [5.74, 6) is 1.61. The first-order valence-corrected chi connectivity index (χ1v) is 21.2. The van der Waals surface area contributed by atoms with Crippen molar-refractivity contribution in [1.82, 2.24) is 19.3 Å². The second-order valence-electron chi connectivity index (χ2n) is 15.7. The molecule has 2 aliphatic carbocycles. The van der Waals surface area contributed by atoms with Crippen LogP contribution in [0.1, 0.15) is 31.2 Å². The number of rotatable bonds is 9. The molecule has 2 heterocycles. The number of aromatic nitrogens is 4. The van der Waals surface area contributed by atoms with Gasteiger partial charge in [0, 0.05) is 50.3 Å². The number of allylic oxidation sites excluding steroid dienone is 7. The fraction of sp³-hybridized carbons (Fsp3) is 0.0714. The van der Waals surface area contributed by atoms with Gasteiger partial charge < -0.3 is 9.47 Å². The summed E-state index contributed by atoms with van der Waals surface area (Å²) in [6, 6.07) is 63.0. The standard InChI is InChI=1S/C56H43N5/c1-6-16-40(17-7-1)44-28-36-53-51(38-44)52-39-45(41-18-8-2-9-19-41)29-37-54(52)60(53)50-34-32-49(33-35-50)59(46-22-12-4-13-23-46)48-30-26-43(27-31-48)56-58-57-55(42-20-10-3-11-21-42)61(56)47-24-14-5-15-25-47/h1,3,5-8,10-12,14-39H,2,4,9,13H2. The molecular formula is C56H43N5. The minimum atomic E-state index is 0.797. The highest BCUT2D eigenvalue weighted by Gasteiger charge is 2.21. The average Bonchev–Trinajstić information content (AvgIpc) is 3.93. The first kappa shape index (κ1) is 36.3. The third kappa shape index (κ3) is 6.80. The van der Waals surface area contributed by atoms with Gasteiger partial charge in [-0.2, -0.15) is 0 Å². The molecule has 0 bridgehead atoms. The van der Waals surface area contributed by atoms with Crippen molar-refractivity contribution in [3.63, 3.8) is 0 Å². The van der Waals surface area contributed by atoms with Crippen LogP contribution in [0.4, 0.5) is 11.4 Å². The minimum Gasteiger partial charge on any atom is -0.311 e. The van der Waals surface area contributed by atoms with E-state index in [0.29, 0.717) is 0 Å². The van der Waals surface area contributed by atoms with Gasteiger partial charge in [0.15, 0.2) is 11.6 Å². The average molecular weight is 786 g/mol. The molecule has 0 atom stereocenters. The van der Waals surface area contributed by atoms with Crippen molar-refractivity contribution in [2.75, 3.05) is 4.90 Å². The van der Waals surface area contributed by atoms with E-state index in [2.05, 4.69) is 202 Å². The number of anilines is 2. The quantitative estimate of drug-likeness (QED) is 0.146. The molecule has 7 aromatic carbocycles. The predicted octanol–water partition coefficient (Wildman–Crippen LogP) is 14.5. The zero-order valence-corrected chi connectivity index (χ0v) is 33.8. The number of fused-ring (bicyclic) bond motifs is 3. The molecule has 0 radical (unpaired) electrons. The molecule has 0 amide bonds. The molecule has 0 spiro atoms. The molecule has 2 aromatic heterocycles. The van der Waals surface area contributed by atoms with Gasteiger partial charge in [0.05, 0.1) is 11.0 Å². The van der Waals surface area contributed by atoms with Crippen LogP contribution >= 0.6 is 0 Å². The van der Waals surface area contributed by atoms with Crippen LogP contribution in [0, 0.1) is 0 Å². The lowest BCUT2D eigenvalue weighted by molar-refractivity contribution is 0.997. The van der Waals surface area contributed by atoms with Gasteiger partial charge in [-0.1, -0.05) is 121 Å². The topological polar surface area (TPSA) is 38.9 Å². The maximum atomic E-state index is 4.76. The fourth-order valence-corrected chi connectivity index (χ4v) is 8.91. The Labute approximate surface area is 356 Å². The highest BCUT2D eigenvalue weighted by atomic mass is 15.3. The summed E-state index contributed by atoms with van der Waals surface area (Å²) in [5, 5.41) is 12.0. The van der Waals surface area contributed by atoms with Gasteiger partial charge in [-0.25, -0.2) is 0 Å². The SMILES string of the molecule is C1=CC(c2ccc3c(c2)c2cc(-c4ccccc4)ccc2n3-c2ccc(N(C3=CCCC=C3)c3ccc(-c4nnc(-c5ccccc5)n4-c4ccccc4)cc3)cc2)=CCC1. The molecule has 0 aliphatic heterocycles. The molecule has 61 heavy (non-hydrogen) atoms. The van der Waals surface area contributed by atoms with E-state index in [1.165, 1.54) is 44.1 Å². The van der Waals surface area contributed by atoms with E-state index in [-0.39, 0.29) is 0 Å². The van der Waals surface area contributed by atoms with E-state index in [4.69, 9.17) is 10.2 Å². The molecule has 11 rings (SSSR count). The van der Waals surface area contributed by atoms with Crippen molar-refractivity contribution in [2.45, 2.75) is 25.7 Å². The smallest absolute Gasteiger partial charge is 0.168 e. The summed E-state index contributed by atoms with van der Waals surface area (Å²) >= 11 is 0. The van der Waals surface area contributed by atoms with Gasteiger partial charge in [0.2, 0.25) is 0 Å². The Kier molecular flexibility index (Phi) is 9.40. The van der Waals surface area contributed by atoms with Crippen LogP contribution in [0.15, 0.2) is 218 Å². The largest absolute Gasteiger partial charge is 0.311 e. The van der Waals surface area contributed by atoms with Crippen molar-refractivity contribution in [3.05, 3.63) is 224 Å². The lowest BCUT2D eigenvalue weighted by atomic mass is 9.97. The number of para-hydroxylation sites is 1. The van der Waals surface area contributed by atoms with E-state index < -0.39 is 0 Å². The Morgan fingerprint density at radius 3 is 1.51 bits per heavy atom. The van der Waals surface area contributed by atoms with Gasteiger partial charge in [-0.15, -0.1) is 10.2 Å². The predicted molar refractivity (Wildman–Crippen MR) is 253 cm³/mol. The number of hydrogen-bond donors (Lipinski definition) is 0. The summed E-state index contributed by atoms with van der Waals surface area (Å²) in [5.41, 5.74) is 14.9. The van der Waals surface area contributed by atoms with Crippen molar-refractivity contribution in [1.29, 1.82) is 0 Å². The monoisotopic (exact) mass is 785 g/mol. The normalized spacial score (nSPS) is 13.7. The molecule has 5 heteroatoms. The van der Waals surface area contributed by atoms with Gasteiger partial charge >= 0.3 is 0 Å². The molecule has 0 saturated heterocycles. The Hall–Kier alpha value is -7.76. The molecule has 0 fully saturated rings. The van der Waals surface area contributed by atoms with Crippen LogP contribution in [0.5, 0.6) is 0 Å². The highest BCUT2D eigenvalue weighted by Crippen LogP contribution is 2.39. The van der Waals surface area contributed by atoms with Gasteiger partial charge in [-0.05, 0) is 139 Å². The van der Waals surface area contributed by atoms with E-state index in [1.54, 1.807) is 0 Å². The third-order valence-electron chi connectivity index (χ3n) is 11.9. The molecule has 5 nitrogen and oxygen atoms in total. The molecule has 0 saturated carbocycles. The second-order valence-corrected chi connectivity index (χ2v) is 15.7. The minimum absolute atomic E-state index is 0.797. The maximum Gasteiger partial charge on any atom is 0.168 e. The van der Waals surface area contributed by atoms with Crippen LogP contribution < -0.4 is 4.90 Å². The molecule has 0 unspecified atom stereocenters. The van der Waals surface area contributed by atoms with Crippen molar-refractivity contribution < 1.29 is 0 Å². The highest BCUT2D eigenvalue weighted by molar-refractivity contribution is 6.11. The van der Waals surface area contributed by atoms with Crippen LogP contribution in [-0.2, 0) is 0 Å². The molecule has 9 aromatic rings. The number of benzene rings is 7. The lowest BCUT2D eigenvalue weighted by Gasteiger charge is -2.28. The maximum absolute atomic E-state index is 4.76. The second kappa shape index (κ2) is 15.8. The molecule has 0 N–H and O–H groups in total. The van der Waals surface area contributed by atoms with Crippen LogP contribution in [-0.4, -0.2) is 19.3 Å². The first-order valence-electron chi connectivity index (χ1n) is 21.2. The molecular weight excluding hydrogens is 743 g/mol.